The fourth-order valence-corrected chi connectivity index (χ4v) is 2.14. The van der Waals surface area contributed by atoms with E-state index in [9.17, 15) is 9.59 Å². The maximum Gasteiger partial charge on any atom is 0.305 e. The van der Waals surface area contributed by atoms with Gasteiger partial charge in [0.2, 0.25) is 0 Å². The number of benzene rings is 1. The maximum atomic E-state index is 11.9. The van der Waals surface area contributed by atoms with E-state index >= 15 is 0 Å². The van der Waals surface area contributed by atoms with E-state index in [-0.39, 0.29) is 31.5 Å². The number of carboxylic acid groups (broad SMARTS) is 1. The number of nitrogens with two attached hydrogens (primary N) is 1. The molecule has 0 spiro atoms. The zero-order valence-electron chi connectivity index (χ0n) is 11.3. The first-order chi connectivity index (χ1) is 9.52. The van der Waals surface area contributed by atoms with Gasteiger partial charge in [0.25, 0.3) is 5.91 Å². The van der Waals surface area contributed by atoms with E-state index in [4.69, 9.17) is 15.6 Å². The summed E-state index contributed by atoms with van der Waals surface area (Å²) in [5, 5.41) is 8.77. The second kappa shape index (κ2) is 5.92. The molecular formula is C14H18N2O4. The molecule has 0 aromatic heterocycles. The summed E-state index contributed by atoms with van der Waals surface area (Å²) in [5.41, 5.74) is 7.50. The molecule has 0 radical (unpaired) electrons. The molecule has 0 saturated carbocycles. The number of aliphatic carboxylic acids is 1. The van der Waals surface area contributed by atoms with Crippen molar-refractivity contribution in [2.75, 3.05) is 18.1 Å². The first-order valence-corrected chi connectivity index (χ1v) is 6.57. The molecule has 6 nitrogen and oxygen atoms in total. The SMILES string of the molecule is CCC(N)c1ccc2c(c1)N(CCC(=O)O)C(=O)CO2. The van der Waals surface area contributed by atoms with Crippen LogP contribution in [0.2, 0.25) is 0 Å². The topological polar surface area (TPSA) is 92.9 Å². The van der Waals surface area contributed by atoms with E-state index in [1.807, 2.05) is 19.1 Å². The van der Waals surface area contributed by atoms with Gasteiger partial charge in [-0.1, -0.05) is 13.0 Å². The molecule has 0 bridgehead atoms. The summed E-state index contributed by atoms with van der Waals surface area (Å²) in [6, 6.07) is 5.35. The van der Waals surface area contributed by atoms with Crippen LogP contribution in [0.3, 0.4) is 0 Å². The van der Waals surface area contributed by atoms with Crippen molar-refractivity contribution in [1.82, 2.24) is 0 Å². The Hall–Kier alpha value is -2.08. The predicted molar refractivity (Wildman–Crippen MR) is 73.8 cm³/mol. The number of carbonyl (C=O) groups is 2. The summed E-state index contributed by atoms with van der Waals surface area (Å²) in [4.78, 5) is 24.0. The summed E-state index contributed by atoms with van der Waals surface area (Å²) >= 11 is 0. The quantitative estimate of drug-likeness (QED) is 0.846. The molecule has 1 unspecified atom stereocenters. The minimum Gasteiger partial charge on any atom is -0.482 e. The maximum absolute atomic E-state index is 11.9. The van der Waals surface area contributed by atoms with Crippen molar-refractivity contribution in [3.05, 3.63) is 23.8 Å². The number of hydrogen-bond acceptors (Lipinski definition) is 4. The second-order valence-corrected chi connectivity index (χ2v) is 4.72. The van der Waals surface area contributed by atoms with Gasteiger partial charge in [-0.05, 0) is 24.1 Å². The molecule has 1 heterocycles. The smallest absolute Gasteiger partial charge is 0.305 e. The third-order valence-electron chi connectivity index (χ3n) is 3.34. The number of ether oxygens (including phenoxy) is 1. The van der Waals surface area contributed by atoms with Gasteiger partial charge in [-0.25, -0.2) is 0 Å². The average Bonchev–Trinajstić information content (AvgIpc) is 2.44. The number of hydrogen-bond donors (Lipinski definition) is 2. The lowest BCUT2D eigenvalue weighted by Crippen LogP contribution is -2.40. The summed E-state index contributed by atoms with van der Waals surface area (Å²) < 4.78 is 5.36. The Morgan fingerprint density at radius 3 is 2.95 bits per heavy atom. The number of carboxylic acids is 1. The Morgan fingerprint density at radius 2 is 2.30 bits per heavy atom. The molecule has 0 saturated heterocycles. The summed E-state index contributed by atoms with van der Waals surface area (Å²) in [6.07, 6.45) is 0.679. The Bertz CT molecular complexity index is 530. The monoisotopic (exact) mass is 278 g/mol. The standard InChI is InChI=1S/C14H18N2O4/c1-2-10(15)9-3-4-12-11(7-9)16(6-5-14(18)19)13(17)8-20-12/h3-4,7,10H,2,5-6,8,15H2,1H3,(H,18,19). The van der Waals surface area contributed by atoms with Gasteiger partial charge < -0.3 is 20.5 Å². The second-order valence-electron chi connectivity index (χ2n) is 4.72. The highest BCUT2D eigenvalue weighted by Crippen LogP contribution is 2.34. The van der Waals surface area contributed by atoms with Crippen molar-refractivity contribution in [2.45, 2.75) is 25.8 Å². The van der Waals surface area contributed by atoms with Crippen molar-refractivity contribution < 1.29 is 19.4 Å². The van der Waals surface area contributed by atoms with Gasteiger partial charge in [0.1, 0.15) is 5.75 Å². The van der Waals surface area contributed by atoms with E-state index in [1.165, 1.54) is 4.90 Å². The molecule has 0 aliphatic carbocycles. The van der Waals surface area contributed by atoms with Gasteiger partial charge in [0, 0.05) is 12.6 Å². The van der Waals surface area contributed by atoms with Crippen molar-refractivity contribution >= 4 is 17.6 Å². The van der Waals surface area contributed by atoms with Crippen molar-refractivity contribution in [2.24, 2.45) is 5.73 Å². The molecule has 2 rings (SSSR count). The fourth-order valence-electron chi connectivity index (χ4n) is 2.14. The lowest BCUT2D eigenvalue weighted by Gasteiger charge is -2.30. The molecule has 1 aromatic carbocycles. The minimum absolute atomic E-state index is 0.0637. The van der Waals surface area contributed by atoms with Gasteiger partial charge >= 0.3 is 5.97 Å². The van der Waals surface area contributed by atoms with E-state index in [2.05, 4.69) is 0 Å². The molecule has 20 heavy (non-hydrogen) atoms. The van der Waals surface area contributed by atoms with Crippen LogP contribution in [0.4, 0.5) is 5.69 Å². The van der Waals surface area contributed by atoms with Crippen LogP contribution >= 0.6 is 0 Å². The number of carbonyl (C=O) groups excluding carboxylic acids is 1. The molecule has 1 aromatic rings. The molecule has 1 aliphatic rings. The van der Waals surface area contributed by atoms with E-state index in [0.29, 0.717) is 11.4 Å². The number of nitrogens with zero attached hydrogens (tertiary/aromatic N) is 1. The highest BCUT2D eigenvalue weighted by atomic mass is 16.5. The van der Waals surface area contributed by atoms with Crippen LogP contribution < -0.4 is 15.4 Å². The van der Waals surface area contributed by atoms with Crippen LogP contribution in [0.5, 0.6) is 5.75 Å². The summed E-state index contributed by atoms with van der Waals surface area (Å²) in [7, 11) is 0. The van der Waals surface area contributed by atoms with Crippen LogP contribution in [0.1, 0.15) is 31.4 Å². The number of fused-ring (bicyclic) bond motifs is 1. The van der Waals surface area contributed by atoms with E-state index in [1.54, 1.807) is 6.07 Å². The molecule has 1 atom stereocenters. The molecule has 1 amide bonds. The lowest BCUT2D eigenvalue weighted by molar-refractivity contribution is -0.136. The highest BCUT2D eigenvalue weighted by molar-refractivity contribution is 5.98. The van der Waals surface area contributed by atoms with E-state index < -0.39 is 5.97 Å². The van der Waals surface area contributed by atoms with Gasteiger partial charge in [0.15, 0.2) is 6.61 Å². The Kier molecular flexibility index (Phi) is 4.24. The van der Waals surface area contributed by atoms with Crippen LogP contribution in [-0.4, -0.2) is 30.1 Å². The summed E-state index contributed by atoms with van der Waals surface area (Å²) in [5.74, 6) is -0.588. The van der Waals surface area contributed by atoms with Crippen molar-refractivity contribution in [3.8, 4) is 5.75 Å². The Labute approximate surface area is 117 Å². The van der Waals surface area contributed by atoms with E-state index in [0.717, 1.165) is 12.0 Å². The van der Waals surface area contributed by atoms with Crippen molar-refractivity contribution in [3.63, 3.8) is 0 Å². The van der Waals surface area contributed by atoms with Crippen LogP contribution in [-0.2, 0) is 9.59 Å². The molecule has 6 heteroatoms. The van der Waals surface area contributed by atoms with Crippen LogP contribution in [0, 0.1) is 0 Å². The minimum atomic E-state index is -0.938. The predicted octanol–water partition coefficient (Wildman–Crippen LogP) is 1.30. The van der Waals surface area contributed by atoms with Crippen LogP contribution in [0.25, 0.3) is 0 Å². The Balaban J connectivity index is 2.31. The van der Waals surface area contributed by atoms with Gasteiger partial charge in [0.05, 0.1) is 12.1 Å². The molecular weight excluding hydrogens is 260 g/mol. The number of rotatable bonds is 5. The van der Waals surface area contributed by atoms with Gasteiger partial charge in [-0.3, -0.25) is 9.59 Å². The third-order valence-corrected chi connectivity index (χ3v) is 3.34. The zero-order chi connectivity index (χ0) is 14.7. The highest BCUT2D eigenvalue weighted by Gasteiger charge is 2.26. The summed E-state index contributed by atoms with van der Waals surface area (Å²) in [6.45, 7) is 2.05. The number of anilines is 1. The molecule has 3 N–H and O–H groups in total. The van der Waals surface area contributed by atoms with Gasteiger partial charge in [-0.15, -0.1) is 0 Å². The lowest BCUT2D eigenvalue weighted by atomic mass is 10.0. The largest absolute Gasteiger partial charge is 0.482 e. The zero-order valence-corrected chi connectivity index (χ0v) is 11.3. The van der Waals surface area contributed by atoms with Crippen LogP contribution in [0.15, 0.2) is 18.2 Å². The number of amides is 1. The normalized spacial score (nSPS) is 15.5. The molecule has 108 valence electrons. The first-order valence-electron chi connectivity index (χ1n) is 6.57. The third kappa shape index (κ3) is 2.91. The first kappa shape index (κ1) is 14.3. The van der Waals surface area contributed by atoms with Gasteiger partial charge in [-0.2, -0.15) is 0 Å². The fraction of sp³-hybridized carbons (Fsp3) is 0.429. The Morgan fingerprint density at radius 1 is 1.55 bits per heavy atom. The average molecular weight is 278 g/mol. The molecule has 0 fully saturated rings. The van der Waals surface area contributed by atoms with Crippen molar-refractivity contribution in [1.29, 1.82) is 0 Å². The molecule has 1 aliphatic heterocycles.